The number of hydrogen-bond donors (Lipinski definition) is 1. The second kappa shape index (κ2) is 17.3. The van der Waals surface area contributed by atoms with Gasteiger partial charge >= 0.3 is 0 Å². The number of anilines is 1. The van der Waals surface area contributed by atoms with Crippen LogP contribution in [0.1, 0.15) is 141 Å². The number of nitro benzene ring substituents is 1. The van der Waals surface area contributed by atoms with Gasteiger partial charge in [0, 0.05) is 29.9 Å². The highest BCUT2D eigenvalue weighted by Gasteiger charge is 2.35. The fraction of sp³-hybridized carbons (Fsp3) is 0.545. The van der Waals surface area contributed by atoms with E-state index in [1.54, 1.807) is 12.1 Å². The van der Waals surface area contributed by atoms with Crippen LogP contribution in [0.4, 0.5) is 11.4 Å². The molecule has 1 aliphatic heterocycles. The average molecular weight is 564 g/mol. The number of nitrogens with zero attached hydrogens (tertiary/aromatic N) is 2. The van der Waals surface area contributed by atoms with Gasteiger partial charge in [0.25, 0.3) is 23.4 Å². The van der Waals surface area contributed by atoms with E-state index in [0.717, 1.165) is 19.3 Å². The number of nitrogens with one attached hydrogen (secondary N) is 1. The average Bonchev–Trinajstić information content (AvgIpc) is 3.21. The number of unbranched alkanes of at least 4 members (excludes halogenated alkanes) is 15. The minimum atomic E-state index is -0.531. The van der Waals surface area contributed by atoms with E-state index >= 15 is 0 Å². The van der Waals surface area contributed by atoms with E-state index in [9.17, 15) is 24.5 Å². The topological polar surface area (TPSA) is 110 Å². The molecule has 1 heterocycles. The number of carbonyl (C=O) groups excluding carboxylic acids is 3. The molecule has 0 unspecified atom stereocenters. The van der Waals surface area contributed by atoms with Crippen molar-refractivity contribution < 1.29 is 19.3 Å². The zero-order valence-corrected chi connectivity index (χ0v) is 24.5. The van der Waals surface area contributed by atoms with Crippen molar-refractivity contribution >= 4 is 29.1 Å². The van der Waals surface area contributed by atoms with Gasteiger partial charge in [0.1, 0.15) is 0 Å². The highest BCUT2D eigenvalue weighted by atomic mass is 16.6. The number of benzene rings is 2. The summed E-state index contributed by atoms with van der Waals surface area (Å²) in [6.45, 7) is 2.66. The summed E-state index contributed by atoms with van der Waals surface area (Å²) < 4.78 is 0. The molecule has 0 spiro atoms. The minimum absolute atomic E-state index is 0.104. The summed E-state index contributed by atoms with van der Waals surface area (Å²) in [7, 11) is 0. The molecule has 1 aliphatic rings. The van der Waals surface area contributed by atoms with Gasteiger partial charge in [-0.25, -0.2) is 0 Å². The van der Waals surface area contributed by atoms with Crippen LogP contribution in [-0.2, 0) is 0 Å². The Morgan fingerprint density at radius 2 is 1.20 bits per heavy atom. The maximum absolute atomic E-state index is 12.9. The lowest BCUT2D eigenvalue weighted by Crippen LogP contribution is -2.30. The lowest BCUT2D eigenvalue weighted by molar-refractivity contribution is -0.384. The van der Waals surface area contributed by atoms with Crippen LogP contribution in [0.15, 0.2) is 42.5 Å². The van der Waals surface area contributed by atoms with E-state index in [4.69, 9.17) is 0 Å². The second-order valence-electron chi connectivity index (χ2n) is 11.1. The number of hydrogen-bond acceptors (Lipinski definition) is 5. The van der Waals surface area contributed by atoms with E-state index < -0.39 is 10.8 Å². The Morgan fingerprint density at radius 3 is 1.71 bits per heavy atom. The van der Waals surface area contributed by atoms with Gasteiger partial charge < -0.3 is 5.32 Å². The molecule has 8 nitrogen and oxygen atoms in total. The third-order valence-electron chi connectivity index (χ3n) is 7.80. The molecular formula is C33H45N3O5. The zero-order chi connectivity index (χ0) is 29.5. The fourth-order valence-electron chi connectivity index (χ4n) is 5.33. The number of fused-ring (bicyclic) bond motifs is 1. The van der Waals surface area contributed by atoms with E-state index in [2.05, 4.69) is 12.2 Å². The Balaban J connectivity index is 1.29. The van der Waals surface area contributed by atoms with Crippen molar-refractivity contribution in [3.05, 3.63) is 69.3 Å². The van der Waals surface area contributed by atoms with Crippen molar-refractivity contribution in [1.29, 1.82) is 0 Å². The molecule has 222 valence electrons. The molecule has 0 radical (unpaired) electrons. The number of imide groups is 1. The molecule has 3 rings (SSSR count). The van der Waals surface area contributed by atoms with Crippen LogP contribution in [0, 0.1) is 10.1 Å². The molecule has 41 heavy (non-hydrogen) atoms. The Hall–Kier alpha value is -3.55. The molecule has 2 aromatic rings. The van der Waals surface area contributed by atoms with Gasteiger partial charge in [-0.05, 0) is 36.8 Å². The first-order valence-electron chi connectivity index (χ1n) is 15.5. The molecule has 3 amide bonds. The first kappa shape index (κ1) is 32.0. The molecule has 2 aromatic carbocycles. The van der Waals surface area contributed by atoms with Crippen LogP contribution in [0.2, 0.25) is 0 Å². The minimum Gasteiger partial charge on any atom is -0.322 e. The zero-order valence-electron chi connectivity index (χ0n) is 24.5. The van der Waals surface area contributed by atoms with Crippen molar-refractivity contribution in [3.63, 3.8) is 0 Å². The number of carbonyl (C=O) groups is 3. The van der Waals surface area contributed by atoms with Crippen molar-refractivity contribution in [2.24, 2.45) is 0 Å². The van der Waals surface area contributed by atoms with Gasteiger partial charge in [-0.15, -0.1) is 0 Å². The molecule has 0 aliphatic carbocycles. The van der Waals surface area contributed by atoms with E-state index in [1.165, 1.54) is 119 Å². The first-order valence-corrected chi connectivity index (χ1v) is 15.5. The monoisotopic (exact) mass is 563 g/mol. The summed E-state index contributed by atoms with van der Waals surface area (Å²) in [5.41, 5.74) is 1.17. The predicted octanol–water partition coefficient (Wildman–Crippen LogP) is 8.70. The lowest BCUT2D eigenvalue weighted by Gasteiger charge is -2.13. The molecule has 1 N–H and O–H groups in total. The van der Waals surface area contributed by atoms with Crippen molar-refractivity contribution in [3.8, 4) is 0 Å². The van der Waals surface area contributed by atoms with Crippen LogP contribution in [0.25, 0.3) is 0 Å². The summed E-state index contributed by atoms with van der Waals surface area (Å²) in [6, 6.07) is 9.93. The van der Waals surface area contributed by atoms with Crippen LogP contribution in [0.5, 0.6) is 0 Å². The number of nitro groups is 1. The van der Waals surface area contributed by atoms with Gasteiger partial charge in [-0.3, -0.25) is 29.4 Å². The number of amides is 3. The summed E-state index contributed by atoms with van der Waals surface area (Å²) in [4.78, 5) is 49.9. The number of non-ortho nitro benzene ring substituents is 1. The summed E-state index contributed by atoms with van der Waals surface area (Å²) in [5, 5.41) is 13.5. The molecule has 0 fully saturated rings. The van der Waals surface area contributed by atoms with Crippen LogP contribution in [0.3, 0.4) is 0 Å². The SMILES string of the molecule is CCCCCCCCCCCCCCCCCCN1C(=O)c2ccc(NC(=O)c3ccc([N+](=O)[O-])cc3)cc2C1=O. The molecule has 0 aromatic heterocycles. The quantitative estimate of drug-likeness (QED) is 0.0750. The summed E-state index contributed by atoms with van der Waals surface area (Å²) in [5.74, 6) is -1.08. The first-order chi connectivity index (χ1) is 19.9. The maximum Gasteiger partial charge on any atom is 0.269 e. The second-order valence-corrected chi connectivity index (χ2v) is 11.1. The largest absolute Gasteiger partial charge is 0.322 e. The van der Waals surface area contributed by atoms with Crippen LogP contribution < -0.4 is 5.32 Å². The maximum atomic E-state index is 12.9. The molecule has 0 saturated carbocycles. The van der Waals surface area contributed by atoms with Gasteiger partial charge in [-0.2, -0.15) is 0 Å². The van der Waals surface area contributed by atoms with E-state index in [1.807, 2.05) is 0 Å². The molecule has 0 saturated heterocycles. The Kier molecular flexibility index (Phi) is 13.5. The van der Waals surface area contributed by atoms with Gasteiger partial charge in [0.05, 0.1) is 16.1 Å². The van der Waals surface area contributed by atoms with Crippen molar-refractivity contribution in [2.45, 2.75) is 110 Å². The number of rotatable bonds is 20. The highest BCUT2D eigenvalue weighted by Crippen LogP contribution is 2.27. The van der Waals surface area contributed by atoms with Crippen molar-refractivity contribution in [2.75, 3.05) is 11.9 Å². The van der Waals surface area contributed by atoms with E-state index in [0.29, 0.717) is 17.8 Å². The normalized spacial score (nSPS) is 12.6. The summed E-state index contributed by atoms with van der Waals surface area (Å²) >= 11 is 0. The van der Waals surface area contributed by atoms with Gasteiger partial charge in [0.2, 0.25) is 0 Å². The Morgan fingerprint density at radius 1 is 0.707 bits per heavy atom. The van der Waals surface area contributed by atoms with Crippen molar-refractivity contribution in [1.82, 2.24) is 4.90 Å². The van der Waals surface area contributed by atoms with Gasteiger partial charge in [0.15, 0.2) is 0 Å². The van der Waals surface area contributed by atoms with Gasteiger partial charge in [-0.1, -0.05) is 103 Å². The Labute approximate surface area is 244 Å². The summed E-state index contributed by atoms with van der Waals surface area (Å²) in [6.07, 6.45) is 20.3. The third-order valence-corrected chi connectivity index (χ3v) is 7.80. The standard InChI is InChI=1S/C33H45N3O5/c1-2-3-4-5-6-7-8-9-10-11-12-13-14-15-16-17-24-35-32(38)29-23-20-27(25-30(29)33(35)39)34-31(37)26-18-21-28(22-19-26)36(40)41/h18-23,25H,2-17,24H2,1H3,(H,34,37). The molecule has 0 bridgehead atoms. The third kappa shape index (κ3) is 10.1. The van der Waals surface area contributed by atoms with Crippen LogP contribution >= 0.6 is 0 Å². The highest BCUT2D eigenvalue weighted by molar-refractivity contribution is 6.22. The fourth-order valence-corrected chi connectivity index (χ4v) is 5.33. The van der Waals surface area contributed by atoms with E-state index in [-0.39, 0.29) is 28.6 Å². The molecule has 8 heteroatoms. The molecular weight excluding hydrogens is 518 g/mol. The Bertz CT molecular complexity index is 1160. The predicted molar refractivity (Wildman–Crippen MR) is 162 cm³/mol. The smallest absolute Gasteiger partial charge is 0.269 e. The lowest BCUT2D eigenvalue weighted by atomic mass is 10.0. The van der Waals surface area contributed by atoms with Crippen LogP contribution in [-0.4, -0.2) is 34.1 Å². The molecule has 0 atom stereocenters.